The molecule has 3 N–H and O–H groups in total. The molecular weight excluding hydrogens is 291 g/mol. The Bertz CT molecular complexity index is 769. The summed E-state index contributed by atoms with van der Waals surface area (Å²) < 4.78 is 39.0. The van der Waals surface area contributed by atoms with Crippen molar-refractivity contribution in [2.45, 2.75) is 12.1 Å². The largest absolute Gasteiger partial charge is 0.340 e. The molecule has 9 heteroatoms. The molecule has 6 nitrogen and oxygen atoms in total. The molecule has 0 aliphatic carbocycles. The van der Waals surface area contributed by atoms with Gasteiger partial charge in [-0.3, -0.25) is 9.36 Å². The predicted octanol–water partition coefficient (Wildman–Crippen LogP) is 1.15. The van der Waals surface area contributed by atoms with Gasteiger partial charge in [0.2, 0.25) is 0 Å². The number of hydrogen-bond acceptors (Lipinski definition) is 4. The lowest BCUT2D eigenvalue weighted by molar-refractivity contribution is 0.0767. The van der Waals surface area contributed by atoms with Crippen LogP contribution in [0.5, 0.6) is 0 Å². The Morgan fingerprint density at radius 1 is 1.45 bits per heavy atom. The molecule has 2 aromatic rings. The molecule has 0 spiro atoms. The zero-order chi connectivity index (χ0) is 15.1. The van der Waals surface area contributed by atoms with Crippen molar-refractivity contribution in [2.24, 2.45) is 0 Å². The van der Waals surface area contributed by atoms with Gasteiger partial charge in [0.15, 0.2) is 0 Å². The summed E-state index contributed by atoms with van der Waals surface area (Å²) in [6.45, 7) is 0.537. The van der Waals surface area contributed by atoms with Crippen LogP contribution in [-0.4, -0.2) is 26.9 Å². The Morgan fingerprint density at radius 3 is 2.65 bits per heavy atom. The predicted molar refractivity (Wildman–Crippen MR) is 70.6 cm³/mol. The number of fused-ring (bicyclic) bond motifs is 1. The minimum atomic E-state index is -4.69. The maximum absolute atomic E-state index is 13.6. The van der Waals surface area contributed by atoms with Crippen LogP contribution in [0.25, 0.3) is 11.0 Å². The van der Waals surface area contributed by atoms with Crippen molar-refractivity contribution >= 4 is 18.4 Å². The fourth-order valence-electron chi connectivity index (χ4n) is 1.67. The van der Waals surface area contributed by atoms with E-state index >= 15 is 0 Å². The van der Waals surface area contributed by atoms with Crippen molar-refractivity contribution in [3.05, 3.63) is 40.3 Å². The van der Waals surface area contributed by atoms with Crippen LogP contribution in [0, 0.1) is 0 Å². The number of nitrogens with zero attached hydrogens (tertiary/aromatic N) is 2. The highest BCUT2D eigenvalue weighted by molar-refractivity contribution is 7.58. The molecule has 0 amide bonds. The second kappa shape index (κ2) is 4.64. The molecule has 0 saturated carbocycles. The van der Waals surface area contributed by atoms with Crippen molar-refractivity contribution in [1.82, 2.24) is 9.66 Å². The highest BCUT2D eigenvalue weighted by Crippen LogP contribution is 2.54. The summed E-state index contributed by atoms with van der Waals surface area (Å²) in [5, 5.41) is 0. The Morgan fingerprint density at radius 2 is 2.05 bits per heavy atom. The third-order valence-corrected chi connectivity index (χ3v) is 4.22. The molecular formula is C11H12F2N3O3P. The number of nitrogen functional groups attached to an aromatic ring is 1. The van der Waals surface area contributed by atoms with Crippen LogP contribution in [0.4, 0.5) is 8.78 Å². The minimum Gasteiger partial charge on any atom is -0.340 e. The second-order valence-electron chi connectivity index (χ2n) is 4.44. The number of hydrogen-bond donors (Lipinski definition) is 2. The van der Waals surface area contributed by atoms with E-state index in [1.165, 1.54) is 12.1 Å². The first-order valence-electron chi connectivity index (χ1n) is 5.57. The average molecular weight is 303 g/mol. The molecule has 0 saturated heterocycles. The molecule has 1 aromatic carbocycles. The summed E-state index contributed by atoms with van der Waals surface area (Å²) in [5.74, 6) is 5.53. The first-order chi connectivity index (χ1) is 9.13. The lowest BCUT2D eigenvalue weighted by Gasteiger charge is -2.19. The second-order valence-corrected chi connectivity index (χ2v) is 6.86. The molecule has 1 heterocycles. The minimum absolute atomic E-state index is 0.254. The van der Waals surface area contributed by atoms with Gasteiger partial charge < -0.3 is 10.7 Å². The van der Waals surface area contributed by atoms with E-state index in [2.05, 4.69) is 4.98 Å². The van der Waals surface area contributed by atoms with Gasteiger partial charge in [-0.25, -0.2) is 9.66 Å². The van der Waals surface area contributed by atoms with Gasteiger partial charge in [0, 0.05) is 6.66 Å². The number of aromatic nitrogens is 2. The van der Waals surface area contributed by atoms with Crippen LogP contribution >= 0.6 is 7.37 Å². The van der Waals surface area contributed by atoms with Crippen molar-refractivity contribution in [2.75, 3.05) is 12.5 Å². The standard InChI is InChI=1S/C11H12F2N3O3P/c1-20(18,19)11(12,13)6-8-10(17)16(14)9-5-3-2-4-7(9)15-8/h2-5H,6,14H2,1H3,(H,18,19). The van der Waals surface area contributed by atoms with E-state index in [0.717, 1.165) is 0 Å². The molecule has 1 atom stereocenters. The van der Waals surface area contributed by atoms with Gasteiger partial charge in [-0.15, -0.1) is 0 Å². The maximum atomic E-state index is 13.6. The van der Waals surface area contributed by atoms with E-state index in [0.29, 0.717) is 11.3 Å². The number of alkyl halides is 2. The maximum Gasteiger partial charge on any atom is 0.326 e. The zero-order valence-corrected chi connectivity index (χ0v) is 11.3. The molecule has 0 bridgehead atoms. The van der Waals surface area contributed by atoms with Crippen molar-refractivity contribution in [1.29, 1.82) is 0 Å². The van der Waals surface area contributed by atoms with Gasteiger partial charge in [0.05, 0.1) is 17.5 Å². The topological polar surface area (TPSA) is 98.2 Å². The molecule has 2 rings (SSSR count). The van der Waals surface area contributed by atoms with Gasteiger partial charge in [0.25, 0.3) is 12.9 Å². The molecule has 20 heavy (non-hydrogen) atoms. The van der Waals surface area contributed by atoms with Crippen LogP contribution in [0.3, 0.4) is 0 Å². The Hall–Kier alpha value is -1.79. The zero-order valence-electron chi connectivity index (χ0n) is 10.5. The van der Waals surface area contributed by atoms with E-state index in [9.17, 15) is 18.1 Å². The van der Waals surface area contributed by atoms with E-state index in [4.69, 9.17) is 10.7 Å². The Labute approximate surface area is 112 Å². The Balaban J connectivity index is 2.60. The van der Waals surface area contributed by atoms with Gasteiger partial charge in [-0.1, -0.05) is 12.1 Å². The Kier molecular flexibility index (Phi) is 3.39. The third-order valence-electron chi connectivity index (χ3n) is 2.85. The summed E-state index contributed by atoms with van der Waals surface area (Å²) in [6.07, 6.45) is -1.24. The quantitative estimate of drug-likeness (QED) is 0.654. The molecule has 1 unspecified atom stereocenters. The monoisotopic (exact) mass is 303 g/mol. The van der Waals surface area contributed by atoms with Crippen LogP contribution < -0.4 is 11.4 Å². The number of para-hydroxylation sites is 2. The fraction of sp³-hybridized carbons (Fsp3) is 0.273. The molecule has 0 fully saturated rings. The smallest absolute Gasteiger partial charge is 0.326 e. The molecule has 0 aliphatic heterocycles. The van der Waals surface area contributed by atoms with Gasteiger partial charge in [-0.05, 0) is 12.1 Å². The normalized spacial score (nSPS) is 15.2. The van der Waals surface area contributed by atoms with Crippen molar-refractivity contribution in [3.8, 4) is 0 Å². The lowest BCUT2D eigenvalue weighted by Crippen LogP contribution is -2.34. The van der Waals surface area contributed by atoms with Crippen molar-refractivity contribution in [3.63, 3.8) is 0 Å². The van der Waals surface area contributed by atoms with Crippen LogP contribution in [0.2, 0.25) is 0 Å². The van der Waals surface area contributed by atoms with Gasteiger partial charge in [-0.2, -0.15) is 8.78 Å². The van der Waals surface area contributed by atoms with E-state index in [-0.39, 0.29) is 11.0 Å². The molecule has 0 aliphatic rings. The molecule has 0 radical (unpaired) electrons. The van der Waals surface area contributed by atoms with Crippen LogP contribution in [0.15, 0.2) is 29.1 Å². The van der Waals surface area contributed by atoms with E-state index in [1.807, 2.05) is 0 Å². The summed E-state index contributed by atoms with van der Waals surface area (Å²) >= 11 is 0. The first-order valence-corrected chi connectivity index (χ1v) is 7.68. The SMILES string of the molecule is CP(=O)(O)C(F)(F)Cc1nc2ccccc2n(N)c1=O. The summed E-state index contributed by atoms with van der Waals surface area (Å²) in [5.41, 5.74) is -4.86. The molecule has 1 aromatic heterocycles. The first kappa shape index (κ1) is 14.6. The van der Waals surface area contributed by atoms with Gasteiger partial charge >= 0.3 is 5.66 Å². The van der Waals surface area contributed by atoms with E-state index < -0.39 is 30.7 Å². The fourth-order valence-corrected chi connectivity index (χ4v) is 2.11. The van der Waals surface area contributed by atoms with Crippen LogP contribution in [0.1, 0.15) is 5.69 Å². The summed E-state index contributed by atoms with van der Waals surface area (Å²) in [7, 11) is -4.69. The number of nitrogens with two attached hydrogens (primary N) is 1. The summed E-state index contributed by atoms with van der Waals surface area (Å²) in [4.78, 5) is 24.7. The number of benzene rings is 1. The number of rotatable bonds is 3. The van der Waals surface area contributed by atoms with Gasteiger partial charge in [0.1, 0.15) is 5.69 Å². The van der Waals surface area contributed by atoms with Crippen molar-refractivity contribution < 1.29 is 18.2 Å². The van der Waals surface area contributed by atoms with E-state index in [1.54, 1.807) is 12.1 Å². The molecule has 108 valence electrons. The summed E-state index contributed by atoms with van der Waals surface area (Å²) in [6, 6.07) is 6.25. The van der Waals surface area contributed by atoms with Crippen LogP contribution in [-0.2, 0) is 11.0 Å². The highest BCUT2D eigenvalue weighted by atomic mass is 31.2. The average Bonchev–Trinajstić information content (AvgIpc) is 2.34. The lowest BCUT2D eigenvalue weighted by atomic mass is 10.2. The number of halogens is 2. The highest BCUT2D eigenvalue weighted by Gasteiger charge is 2.46. The third kappa shape index (κ3) is 2.44.